The maximum atomic E-state index is 13.0. The van der Waals surface area contributed by atoms with Crippen LogP contribution >= 0.6 is 0 Å². The van der Waals surface area contributed by atoms with Crippen molar-refractivity contribution in [2.24, 2.45) is 0 Å². The van der Waals surface area contributed by atoms with E-state index in [0.29, 0.717) is 17.3 Å². The van der Waals surface area contributed by atoms with E-state index in [9.17, 15) is 9.59 Å². The van der Waals surface area contributed by atoms with Gasteiger partial charge in [0.1, 0.15) is 6.54 Å². The third kappa shape index (κ3) is 4.05. The SMILES string of the molecule is Cc1cc(C)n(-c2nc(-c3ccccc3)cc(=O)n2CC(=O)Nc2ccccc2)n1. The van der Waals surface area contributed by atoms with Gasteiger partial charge in [-0.1, -0.05) is 48.5 Å². The van der Waals surface area contributed by atoms with Gasteiger partial charge in [0.05, 0.1) is 11.4 Å². The topological polar surface area (TPSA) is 81.8 Å². The zero-order valence-electron chi connectivity index (χ0n) is 16.7. The van der Waals surface area contributed by atoms with Crippen molar-refractivity contribution in [3.63, 3.8) is 0 Å². The molecule has 0 aliphatic heterocycles. The Morgan fingerprint density at radius 1 is 0.967 bits per heavy atom. The van der Waals surface area contributed by atoms with E-state index in [2.05, 4.69) is 10.4 Å². The van der Waals surface area contributed by atoms with Gasteiger partial charge < -0.3 is 5.32 Å². The molecule has 0 spiro atoms. The number of benzene rings is 2. The summed E-state index contributed by atoms with van der Waals surface area (Å²) in [5, 5.41) is 7.28. The zero-order valence-corrected chi connectivity index (χ0v) is 16.7. The summed E-state index contributed by atoms with van der Waals surface area (Å²) < 4.78 is 2.93. The summed E-state index contributed by atoms with van der Waals surface area (Å²) in [5.74, 6) is -0.0180. The van der Waals surface area contributed by atoms with Crippen LogP contribution < -0.4 is 10.9 Å². The third-order valence-corrected chi connectivity index (χ3v) is 4.62. The molecule has 1 N–H and O–H groups in total. The number of nitrogens with one attached hydrogen (secondary N) is 1. The number of anilines is 1. The van der Waals surface area contributed by atoms with Gasteiger partial charge in [-0.15, -0.1) is 0 Å². The molecule has 0 saturated heterocycles. The van der Waals surface area contributed by atoms with Crippen LogP contribution in [0.25, 0.3) is 17.2 Å². The van der Waals surface area contributed by atoms with Crippen LogP contribution in [0.1, 0.15) is 11.4 Å². The summed E-state index contributed by atoms with van der Waals surface area (Å²) in [4.78, 5) is 30.3. The van der Waals surface area contributed by atoms with Gasteiger partial charge >= 0.3 is 0 Å². The molecule has 4 aromatic rings. The lowest BCUT2D eigenvalue weighted by Crippen LogP contribution is -2.31. The fraction of sp³-hybridized carbons (Fsp3) is 0.130. The highest BCUT2D eigenvalue weighted by atomic mass is 16.2. The van der Waals surface area contributed by atoms with Crippen molar-refractivity contribution < 1.29 is 4.79 Å². The molecule has 2 aromatic heterocycles. The number of aromatic nitrogens is 4. The zero-order chi connectivity index (χ0) is 21.1. The number of hydrogen-bond acceptors (Lipinski definition) is 4. The third-order valence-electron chi connectivity index (χ3n) is 4.62. The molecule has 0 atom stereocenters. The highest BCUT2D eigenvalue weighted by Gasteiger charge is 2.17. The number of amides is 1. The van der Waals surface area contributed by atoms with Crippen molar-refractivity contribution >= 4 is 11.6 Å². The Kier molecular flexibility index (Phi) is 5.26. The van der Waals surface area contributed by atoms with Crippen LogP contribution in [0.4, 0.5) is 5.69 Å². The summed E-state index contributed by atoms with van der Waals surface area (Å²) in [6.45, 7) is 3.58. The Hall–Kier alpha value is -4.00. The quantitative estimate of drug-likeness (QED) is 0.558. The molecule has 0 bridgehead atoms. The number of carbonyl (C=O) groups excluding carboxylic acids is 1. The molecule has 0 saturated carbocycles. The molecular weight excluding hydrogens is 378 g/mol. The molecule has 0 unspecified atom stereocenters. The molecule has 1 amide bonds. The second-order valence-corrected chi connectivity index (χ2v) is 6.98. The first-order chi connectivity index (χ1) is 14.5. The Balaban J connectivity index is 1.78. The largest absolute Gasteiger partial charge is 0.325 e. The first-order valence-electron chi connectivity index (χ1n) is 9.57. The monoisotopic (exact) mass is 399 g/mol. The van der Waals surface area contributed by atoms with Gasteiger partial charge in [-0.2, -0.15) is 5.10 Å². The van der Waals surface area contributed by atoms with Crippen LogP contribution in [-0.2, 0) is 11.3 Å². The van der Waals surface area contributed by atoms with E-state index < -0.39 is 0 Å². The number of nitrogens with zero attached hydrogens (tertiary/aromatic N) is 4. The highest BCUT2D eigenvalue weighted by Crippen LogP contribution is 2.18. The maximum absolute atomic E-state index is 13.0. The summed E-state index contributed by atoms with van der Waals surface area (Å²) in [5.41, 5.74) is 3.31. The van der Waals surface area contributed by atoms with Crippen LogP contribution in [0, 0.1) is 13.8 Å². The molecule has 0 aliphatic rings. The van der Waals surface area contributed by atoms with Crippen molar-refractivity contribution in [1.29, 1.82) is 0 Å². The standard InChI is InChI=1S/C23H21N5O2/c1-16-13-17(2)28(26-16)23-25-20(18-9-5-3-6-10-18)14-22(30)27(23)15-21(29)24-19-11-7-4-8-12-19/h3-14H,15H2,1-2H3,(H,24,29). The molecule has 0 radical (unpaired) electrons. The molecule has 30 heavy (non-hydrogen) atoms. The number of para-hydroxylation sites is 1. The van der Waals surface area contributed by atoms with E-state index in [-0.39, 0.29) is 18.0 Å². The fourth-order valence-electron chi connectivity index (χ4n) is 3.26. The summed E-state index contributed by atoms with van der Waals surface area (Å²) >= 11 is 0. The molecule has 150 valence electrons. The van der Waals surface area contributed by atoms with Crippen LogP contribution in [0.2, 0.25) is 0 Å². The van der Waals surface area contributed by atoms with Crippen molar-refractivity contribution in [2.75, 3.05) is 5.32 Å². The Morgan fingerprint density at radius 3 is 2.27 bits per heavy atom. The van der Waals surface area contributed by atoms with Crippen LogP contribution in [-0.4, -0.2) is 25.2 Å². The highest BCUT2D eigenvalue weighted by molar-refractivity contribution is 5.90. The first kappa shape index (κ1) is 19.3. The number of aryl methyl sites for hydroxylation is 2. The Labute approximate surface area is 173 Å². The van der Waals surface area contributed by atoms with E-state index in [1.54, 1.807) is 16.8 Å². The van der Waals surface area contributed by atoms with E-state index in [1.165, 1.54) is 10.6 Å². The van der Waals surface area contributed by atoms with Gasteiger partial charge in [-0.05, 0) is 32.0 Å². The van der Waals surface area contributed by atoms with Gasteiger partial charge in [0, 0.05) is 23.0 Å². The summed E-state index contributed by atoms with van der Waals surface area (Å²) in [6, 6.07) is 21.9. The summed E-state index contributed by atoms with van der Waals surface area (Å²) in [6.07, 6.45) is 0. The molecule has 0 fully saturated rings. The Bertz CT molecular complexity index is 1240. The van der Waals surface area contributed by atoms with Gasteiger partial charge in [-0.25, -0.2) is 9.67 Å². The average molecular weight is 399 g/mol. The second kappa shape index (κ2) is 8.16. The first-order valence-corrected chi connectivity index (χ1v) is 9.57. The van der Waals surface area contributed by atoms with Crippen LogP contribution in [0.15, 0.2) is 77.6 Å². The van der Waals surface area contributed by atoms with Gasteiger partial charge in [-0.3, -0.25) is 14.2 Å². The maximum Gasteiger partial charge on any atom is 0.256 e. The van der Waals surface area contributed by atoms with E-state index in [4.69, 9.17) is 4.98 Å². The molecule has 7 heteroatoms. The summed E-state index contributed by atoms with van der Waals surface area (Å²) in [7, 11) is 0. The van der Waals surface area contributed by atoms with E-state index >= 15 is 0 Å². The number of carbonyl (C=O) groups is 1. The molecule has 2 aromatic carbocycles. The van der Waals surface area contributed by atoms with E-state index in [1.807, 2.05) is 68.4 Å². The lowest BCUT2D eigenvalue weighted by atomic mass is 10.1. The van der Waals surface area contributed by atoms with Crippen molar-refractivity contribution in [3.8, 4) is 17.2 Å². The normalized spacial score (nSPS) is 10.7. The molecule has 4 rings (SSSR count). The molecular formula is C23H21N5O2. The predicted octanol–water partition coefficient (Wildman–Crippen LogP) is 3.35. The molecule has 7 nitrogen and oxygen atoms in total. The fourth-order valence-corrected chi connectivity index (χ4v) is 3.26. The van der Waals surface area contributed by atoms with Crippen molar-refractivity contribution in [2.45, 2.75) is 20.4 Å². The lowest BCUT2D eigenvalue weighted by Gasteiger charge is -2.14. The van der Waals surface area contributed by atoms with Crippen LogP contribution in [0.3, 0.4) is 0 Å². The van der Waals surface area contributed by atoms with Gasteiger partial charge in [0.25, 0.3) is 5.56 Å². The minimum Gasteiger partial charge on any atom is -0.325 e. The predicted molar refractivity (Wildman–Crippen MR) is 116 cm³/mol. The van der Waals surface area contributed by atoms with Crippen LogP contribution in [0.5, 0.6) is 0 Å². The van der Waals surface area contributed by atoms with Crippen molar-refractivity contribution in [3.05, 3.63) is 94.5 Å². The number of hydrogen-bond donors (Lipinski definition) is 1. The molecule has 2 heterocycles. The van der Waals surface area contributed by atoms with Gasteiger partial charge in [0.15, 0.2) is 0 Å². The smallest absolute Gasteiger partial charge is 0.256 e. The minimum absolute atomic E-state index is 0.177. The van der Waals surface area contributed by atoms with Gasteiger partial charge in [0.2, 0.25) is 11.9 Å². The minimum atomic E-state index is -0.324. The molecule has 0 aliphatic carbocycles. The second-order valence-electron chi connectivity index (χ2n) is 6.98. The lowest BCUT2D eigenvalue weighted by molar-refractivity contribution is -0.116. The Morgan fingerprint density at radius 2 is 1.63 bits per heavy atom. The average Bonchev–Trinajstić information content (AvgIpc) is 3.08. The van der Waals surface area contributed by atoms with E-state index in [0.717, 1.165) is 17.0 Å². The van der Waals surface area contributed by atoms with Crippen molar-refractivity contribution in [1.82, 2.24) is 19.3 Å². The number of rotatable bonds is 5.